The second-order valence-electron chi connectivity index (χ2n) is 5.52. The predicted octanol–water partition coefficient (Wildman–Crippen LogP) is 2.25. The smallest absolute Gasteiger partial charge is 0.192 e. The summed E-state index contributed by atoms with van der Waals surface area (Å²) < 4.78 is 1.10. The van der Waals surface area contributed by atoms with Crippen LogP contribution in [0.3, 0.4) is 0 Å². The fourth-order valence-electron chi connectivity index (χ4n) is 2.74. The fraction of sp³-hybridized carbons (Fsp3) is 0.533. The van der Waals surface area contributed by atoms with Gasteiger partial charge in [-0.2, -0.15) is 0 Å². The lowest BCUT2D eigenvalue weighted by Crippen LogP contribution is -2.51. The second-order valence-corrected chi connectivity index (χ2v) is 6.44. The van der Waals surface area contributed by atoms with E-state index in [0.29, 0.717) is 5.96 Å². The van der Waals surface area contributed by atoms with Crippen LogP contribution in [0.4, 0.5) is 0 Å². The molecule has 4 nitrogen and oxygen atoms in total. The Bertz CT molecular complexity index is 483. The summed E-state index contributed by atoms with van der Waals surface area (Å²) in [6.07, 6.45) is 0.992. The number of aliphatic imine (C=N–C) groups is 1. The Morgan fingerprint density at radius 3 is 2.55 bits per heavy atom. The highest BCUT2D eigenvalue weighted by Crippen LogP contribution is 2.36. The zero-order valence-corrected chi connectivity index (χ0v) is 14.0. The number of benzene rings is 1. The lowest BCUT2D eigenvalue weighted by atomic mass is 9.86. The average Bonchev–Trinajstić information content (AvgIpc) is 2.75. The number of nitrogens with two attached hydrogens (primary N) is 1. The van der Waals surface area contributed by atoms with Gasteiger partial charge in [-0.3, -0.25) is 4.99 Å². The monoisotopic (exact) mass is 338 g/mol. The molecule has 1 aromatic rings. The predicted molar refractivity (Wildman–Crippen MR) is 87.9 cm³/mol. The first-order chi connectivity index (χ1) is 9.49. The van der Waals surface area contributed by atoms with Crippen molar-refractivity contribution in [2.45, 2.75) is 18.9 Å². The van der Waals surface area contributed by atoms with E-state index < -0.39 is 0 Å². The van der Waals surface area contributed by atoms with E-state index in [-0.39, 0.29) is 5.54 Å². The molecule has 1 aliphatic heterocycles. The van der Waals surface area contributed by atoms with Gasteiger partial charge >= 0.3 is 0 Å². The third-order valence-electron chi connectivity index (χ3n) is 4.03. The first kappa shape index (κ1) is 15.3. The van der Waals surface area contributed by atoms with E-state index >= 15 is 0 Å². The van der Waals surface area contributed by atoms with Gasteiger partial charge in [-0.05, 0) is 38.2 Å². The number of guanidine groups is 1. The van der Waals surface area contributed by atoms with Crippen LogP contribution < -0.4 is 5.73 Å². The van der Waals surface area contributed by atoms with Crippen LogP contribution in [-0.4, -0.2) is 49.5 Å². The molecule has 1 heterocycles. The van der Waals surface area contributed by atoms with E-state index in [4.69, 9.17) is 5.73 Å². The maximum atomic E-state index is 6.13. The lowest BCUT2D eigenvalue weighted by Gasteiger charge is -2.39. The van der Waals surface area contributed by atoms with Gasteiger partial charge in [-0.25, -0.2) is 0 Å². The molecule has 0 aliphatic carbocycles. The fourth-order valence-corrected chi connectivity index (χ4v) is 3.01. The second kappa shape index (κ2) is 6.14. The van der Waals surface area contributed by atoms with E-state index in [2.05, 4.69) is 76.0 Å². The average molecular weight is 339 g/mol. The molecular formula is C15H23BrN4. The molecule has 0 bridgehead atoms. The van der Waals surface area contributed by atoms with Crippen LogP contribution >= 0.6 is 15.9 Å². The van der Waals surface area contributed by atoms with Crippen LogP contribution in [0.1, 0.15) is 18.9 Å². The normalized spacial score (nSPS) is 22.4. The highest BCUT2D eigenvalue weighted by Gasteiger charge is 2.41. The minimum Gasteiger partial charge on any atom is -0.370 e. The molecule has 2 rings (SSSR count). The number of hydrogen-bond donors (Lipinski definition) is 1. The van der Waals surface area contributed by atoms with Gasteiger partial charge in [-0.1, -0.05) is 35.0 Å². The Kier molecular flexibility index (Phi) is 4.70. The Morgan fingerprint density at radius 1 is 1.35 bits per heavy atom. The van der Waals surface area contributed by atoms with Crippen LogP contribution in [0.2, 0.25) is 0 Å². The number of halogens is 1. The zero-order valence-electron chi connectivity index (χ0n) is 12.4. The summed E-state index contributed by atoms with van der Waals surface area (Å²) in [5.41, 5.74) is 7.32. The molecule has 5 heteroatoms. The van der Waals surface area contributed by atoms with E-state index in [1.165, 1.54) is 5.56 Å². The molecule has 1 atom stereocenters. The van der Waals surface area contributed by atoms with Gasteiger partial charge in [0.1, 0.15) is 0 Å². The van der Waals surface area contributed by atoms with Crippen molar-refractivity contribution in [2.24, 2.45) is 10.7 Å². The van der Waals surface area contributed by atoms with Gasteiger partial charge in [-0.15, -0.1) is 0 Å². The SMILES string of the molecule is CCC1(c2ccc(Br)cc2)CN=C(N)N1CCN(C)C. The minimum absolute atomic E-state index is 0.0964. The van der Waals surface area contributed by atoms with Crippen LogP contribution in [0.15, 0.2) is 33.7 Å². The third-order valence-corrected chi connectivity index (χ3v) is 4.56. The van der Waals surface area contributed by atoms with Gasteiger partial charge in [0.05, 0.1) is 12.1 Å². The Hall–Kier alpha value is -1.07. The molecule has 0 radical (unpaired) electrons. The van der Waals surface area contributed by atoms with Gasteiger partial charge in [0.2, 0.25) is 0 Å². The quantitative estimate of drug-likeness (QED) is 0.895. The first-order valence-electron chi connectivity index (χ1n) is 6.98. The van der Waals surface area contributed by atoms with E-state index in [1.807, 2.05) is 0 Å². The molecule has 110 valence electrons. The van der Waals surface area contributed by atoms with Gasteiger partial charge in [0, 0.05) is 17.6 Å². The molecule has 0 spiro atoms. The van der Waals surface area contributed by atoms with E-state index in [1.54, 1.807) is 0 Å². The van der Waals surface area contributed by atoms with Crippen LogP contribution in [-0.2, 0) is 5.54 Å². The standard InChI is InChI=1S/C15H23BrN4/c1-4-15(12-5-7-13(16)8-6-12)11-18-14(17)20(15)10-9-19(2)3/h5-8H,4,9-11H2,1-3H3,(H2,17,18). The van der Waals surface area contributed by atoms with Crippen molar-refractivity contribution in [3.63, 3.8) is 0 Å². The minimum atomic E-state index is -0.0964. The highest BCUT2D eigenvalue weighted by atomic mass is 79.9. The van der Waals surface area contributed by atoms with Crippen molar-refractivity contribution in [3.05, 3.63) is 34.3 Å². The number of likely N-dealkylation sites (N-methyl/N-ethyl adjacent to an activating group) is 1. The van der Waals surface area contributed by atoms with Gasteiger partial charge in [0.25, 0.3) is 0 Å². The molecule has 20 heavy (non-hydrogen) atoms. The Labute approximate surface area is 129 Å². The van der Waals surface area contributed by atoms with Crippen LogP contribution in [0.25, 0.3) is 0 Å². The summed E-state index contributed by atoms with van der Waals surface area (Å²) in [5.74, 6) is 0.664. The molecule has 1 aliphatic rings. The maximum Gasteiger partial charge on any atom is 0.192 e. The van der Waals surface area contributed by atoms with Gasteiger partial charge in [0.15, 0.2) is 5.96 Å². The van der Waals surface area contributed by atoms with Crippen molar-refractivity contribution in [1.82, 2.24) is 9.80 Å². The number of rotatable bonds is 5. The van der Waals surface area contributed by atoms with Crippen molar-refractivity contribution < 1.29 is 0 Å². The molecule has 0 amide bonds. The summed E-state index contributed by atoms with van der Waals surface area (Å²) in [7, 11) is 4.16. The molecule has 0 fully saturated rings. The molecule has 0 saturated carbocycles. The highest BCUT2D eigenvalue weighted by molar-refractivity contribution is 9.10. The number of hydrogen-bond acceptors (Lipinski definition) is 4. The summed E-state index contributed by atoms with van der Waals surface area (Å²) >= 11 is 3.50. The first-order valence-corrected chi connectivity index (χ1v) is 7.77. The molecule has 0 saturated heterocycles. The number of nitrogens with zero attached hydrogens (tertiary/aromatic N) is 3. The van der Waals surface area contributed by atoms with E-state index in [9.17, 15) is 0 Å². The van der Waals surface area contributed by atoms with Crippen molar-refractivity contribution in [2.75, 3.05) is 33.7 Å². The molecule has 0 aromatic heterocycles. The third kappa shape index (κ3) is 2.83. The van der Waals surface area contributed by atoms with Gasteiger partial charge < -0.3 is 15.5 Å². The Balaban J connectivity index is 2.30. The van der Waals surface area contributed by atoms with Crippen molar-refractivity contribution >= 4 is 21.9 Å². The maximum absolute atomic E-state index is 6.13. The largest absolute Gasteiger partial charge is 0.370 e. The van der Waals surface area contributed by atoms with Crippen molar-refractivity contribution in [3.8, 4) is 0 Å². The summed E-state index contributed by atoms with van der Waals surface area (Å²) in [4.78, 5) is 8.94. The summed E-state index contributed by atoms with van der Waals surface area (Å²) in [5, 5.41) is 0. The van der Waals surface area contributed by atoms with Crippen molar-refractivity contribution in [1.29, 1.82) is 0 Å². The summed E-state index contributed by atoms with van der Waals surface area (Å²) in [6.45, 7) is 4.81. The van der Waals surface area contributed by atoms with Crippen LogP contribution in [0.5, 0.6) is 0 Å². The lowest BCUT2D eigenvalue weighted by molar-refractivity contribution is 0.179. The summed E-state index contributed by atoms with van der Waals surface area (Å²) in [6, 6.07) is 8.52. The molecule has 1 aromatic carbocycles. The van der Waals surface area contributed by atoms with E-state index in [0.717, 1.165) is 30.5 Å². The Morgan fingerprint density at radius 2 is 2.00 bits per heavy atom. The molecule has 1 unspecified atom stereocenters. The zero-order chi connectivity index (χ0) is 14.8. The molecule has 2 N–H and O–H groups in total. The topological polar surface area (TPSA) is 44.9 Å². The van der Waals surface area contributed by atoms with Crippen LogP contribution in [0, 0.1) is 0 Å². The molecular weight excluding hydrogens is 316 g/mol.